The number of benzene rings is 2. The fraction of sp³-hybridized carbons (Fsp3) is 0.250. The van der Waals surface area contributed by atoms with E-state index in [1.54, 1.807) is 30.3 Å². The molecule has 0 radical (unpaired) electrons. The van der Waals surface area contributed by atoms with Crippen molar-refractivity contribution in [1.29, 1.82) is 0 Å². The summed E-state index contributed by atoms with van der Waals surface area (Å²) in [7, 11) is 1.57. The molecule has 194 valence electrons. The van der Waals surface area contributed by atoms with Crippen LogP contribution in [0.15, 0.2) is 65.8 Å². The maximum absolute atomic E-state index is 13.4. The lowest BCUT2D eigenvalue weighted by atomic mass is 10.0. The number of aliphatic hydroxyl groups is 1. The maximum Gasteiger partial charge on any atom is 0.290 e. The van der Waals surface area contributed by atoms with Crippen molar-refractivity contribution in [1.82, 2.24) is 19.7 Å². The minimum absolute atomic E-state index is 0.0987. The molecule has 1 atom stereocenters. The van der Waals surface area contributed by atoms with Gasteiger partial charge in [0.2, 0.25) is 0 Å². The number of anilines is 3. The molecule has 0 spiro atoms. The standard InChI is InChI=1S/C28H27IN6O3/c1-3-5-22(29)17-8-9-19-18(12-17)14-35(27(19)37)25-7-4-6-20(21(25)15-36)23-13-24(28(38)34(2)33-23)32-26-10-11-30-16-31-26/h4,6-13,16,22,36H,3,5,14-15H2,1-2H3,(H,30,31,32). The van der Waals surface area contributed by atoms with Gasteiger partial charge in [0.15, 0.2) is 0 Å². The Morgan fingerprint density at radius 1 is 1.13 bits per heavy atom. The Hall–Kier alpha value is -3.64. The fourth-order valence-electron chi connectivity index (χ4n) is 4.72. The zero-order valence-electron chi connectivity index (χ0n) is 21.1. The number of amides is 1. The van der Waals surface area contributed by atoms with Crippen LogP contribution in [0, 0.1) is 0 Å². The van der Waals surface area contributed by atoms with Gasteiger partial charge in [0.25, 0.3) is 11.5 Å². The summed E-state index contributed by atoms with van der Waals surface area (Å²) in [5, 5.41) is 17.9. The predicted molar refractivity (Wildman–Crippen MR) is 155 cm³/mol. The molecule has 3 heterocycles. The first-order valence-corrected chi connectivity index (χ1v) is 13.6. The van der Waals surface area contributed by atoms with Crippen molar-refractivity contribution < 1.29 is 9.90 Å². The lowest BCUT2D eigenvalue weighted by molar-refractivity contribution is 0.0996. The van der Waals surface area contributed by atoms with Crippen molar-refractivity contribution in [2.75, 3.05) is 10.2 Å². The van der Waals surface area contributed by atoms with Crippen LogP contribution in [0.2, 0.25) is 0 Å². The SMILES string of the molecule is CCCC(I)c1ccc2c(c1)CN(c1cccc(-c3cc(Nc4ccncn4)c(=O)n(C)n3)c1CO)C2=O. The number of nitrogens with zero attached hydrogens (tertiary/aromatic N) is 5. The molecule has 4 aromatic rings. The van der Waals surface area contributed by atoms with Crippen molar-refractivity contribution in [3.63, 3.8) is 0 Å². The number of aliphatic hydroxyl groups excluding tert-OH is 1. The topological polar surface area (TPSA) is 113 Å². The number of hydrogen-bond acceptors (Lipinski definition) is 7. The Bertz CT molecular complexity index is 1560. The van der Waals surface area contributed by atoms with Crippen LogP contribution in [0.25, 0.3) is 11.3 Å². The summed E-state index contributed by atoms with van der Waals surface area (Å²) in [6, 6.07) is 14.9. The summed E-state index contributed by atoms with van der Waals surface area (Å²) in [6.45, 7) is 2.29. The van der Waals surface area contributed by atoms with Crippen LogP contribution in [-0.4, -0.2) is 30.8 Å². The number of rotatable bonds is 8. The molecule has 5 rings (SSSR count). The molecule has 1 amide bonds. The molecule has 0 aliphatic carbocycles. The molecule has 1 unspecified atom stereocenters. The number of fused-ring (bicyclic) bond motifs is 1. The first-order valence-electron chi connectivity index (χ1n) is 12.3. The number of halogens is 1. The van der Waals surface area contributed by atoms with Gasteiger partial charge in [-0.1, -0.05) is 60.2 Å². The first kappa shape index (κ1) is 26.0. The van der Waals surface area contributed by atoms with Gasteiger partial charge in [-0.05, 0) is 41.8 Å². The number of carbonyl (C=O) groups is 1. The largest absolute Gasteiger partial charge is 0.392 e. The van der Waals surface area contributed by atoms with Gasteiger partial charge in [-0.3, -0.25) is 9.59 Å². The van der Waals surface area contributed by atoms with Crippen LogP contribution in [-0.2, 0) is 20.2 Å². The van der Waals surface area contributed by atoms with E-state index in [4.69, 9.17) is 0 Å². The second-order valence-electron chi connectivity index (χ2n) is 9.12. The van der Waals surface area contributed by atoms with Crippen LogP contribution in [0.4, 0.5) is 17.2 Å². The number of nitrogens with one attached hydrogen (secondary N) is 1. The molecule has 2 N–H and O–H groups in total. The van der Waals surface area contributed by atoms with Crippen molar-refractivity contribution in [3.8, 4) is 11.3 Å². The predicted octanol–water partition coefficient (Wildman–Crippen LogP) is 4.91. The monoisotopic (exact) mass is 622 g/mol. The summed E-state index contributed by atoms with van der Waals surface area (Å²) in [4.78, 5) is 35.9. The molecule has 10 heteroatoms. The third-order valence-corrected chi connectivity index (χ3v) is 7.96. The first-order chi connectivity index (χ1) is 18.4. The summed E-state index contributed by atoms with van der Waals surface area (Å²) < 4.78 is 1.63. The maximum atomic E-state index is 13.4. The van der Waals surface area contributed by atoms with Crippen LogP contribution in [0.3, 0.4) is 0 Å². The van der Waals surface area contributed by atoms with E-state index in [0.29, 0.717) is 44.4 Å². The molecule has 9 nitrogen and oxygen atoms in total. The van der Waals surface area contributed by atoms with E-state index in [-0.39, 0.29) is 23.8 Å². The lowest BCUT2D eigenvalue weighted by Gasteiger charge is -2.21. The number of hydrogen-bond donors (Lipinski definition) is 2. The fourth-order valence-corrected chi connectivity index (χ4v) is 5.73. The number of carbonyl (C=O) groups excluding carboxylic acids is 1. The van der Waals surface area contributed by atoms with Gasteiger partial charge in [-0.25, -0.2) is 14.6 Å². The zero-order chi connectivity index (χ0) is 26.8. The van der Waals surface area contributed by atoms with Crippen molar-refractivity contribution in [2.45, 2.75) is 36.8 Å². The van der Waals surface area contributed by atoms with Crippen LogP contribution in [0.1, 0.15) is 50.7 Å². The molecule has 2 aromatic carbocycles. The van der Waals surface area contributed by atoms with Crippen molar-refractivity contribution in [3.05, 3.63) is 93.7 Å². The molecular formula is C28H27IN6O3. The third-order valence-electron chi connectivity index (χ3n) is 6.62. The molecular weight excluding hydrogens is 595 g/mol. The molecule has 0 fully saturated rings. The molecule has 38 heavy (non-hydrogen) atoms. The zero-order valence-corrected chi connectivity index (χ0v) is 23.2. The third kappa shape index (κ3) is 4.93. The highest BCUT2D eigenvalue weighted by molar-refractivity contribution is 14.1. The average Bonchev–Trinajstić information content (AvgIpc) is 3.26. The van der Waals surface area contributed by atoms with Gasteiger partial charge >= 0.3 is 0 Å². The minimum atomic E-state index is -0.327. The van der Waals surface area contributed by atoms with Crippen LogP contribution < -0.4 is 15.8 Å². The van der Waals surface area contributed by atoms with Crippen molar-refractivity contribution in [2.24, 2.45) is 7.05 Å². The van der Waals surface area contributed by atoms with Crippen LogP contribution >= 0.6 is 22.6 Å². The normalized spacial score (nSPS) is 13.5. The van der Waals surface area contributed by atoms with E-state index in [0.717, 1.165) is 18.4 Å². The molecule has 1 aliphatic heterocycles. The molecule has 2 aromatic heterocycles. The smallest absolute Gasteiger partial charge is 0.290 e. The highest BCUT2D eigenvalue weighted by Gasteiger charge is 2.31. The summed E-state index contributed by atoms with van der Waals surface area (Å²) >= 11 is 2.46. The van der Waals surface area contributed by atoms with Gasteiger partial charge in [0, 0.05) is 33.9 Å². The lowest BCUT2D eigenvalue weighted by Crippen LogP contribution is -2.25. The quantitative estimate of drug-likeness (QED) is 0.212. The number of aromatic nitrogens is 4. The molecule has 0 bridgehead atoms. The number of alkyl halides is 1. The Morgan fingerprint density at radius 3 is 2.71 bits per heavy atom. The summed E-state index contributed by atoms with van der Waals surface area (Å²) in [5.74, 6) is 0.372. The Balaban J connectivity index is 1.52. The molecule has 0 saturated heterocycles. The highest BCUT2D eigenvalue weighted by atomic mass is 127. The van der Waals surface area contributed by atoms with Gasteiger partial charge in [0.1, 0.15) is 17.8 Å². The van der Waals surface area contributed by atoms with Gasteiger partial charge < -0.3 is 15.3 Å². The number of aryl methyl sites for hydroxylation is 1. The molecule has 1 aliphatic rings. The Kier molecular flexibility index (Phi) is 7.52. The Morgan fingerprint density at radius 2 is 1.97 bits per heavy atom. The van der Waals surface area contributed by atoms with E-state index in [1.807, 2.05) is 30.3 Å². The van der Waals surface area contributed by atoms with Crippen LogP contribution in [0.5, 0.6) is 0 Å². The summed E-state index contributed by atoms with van der Waals surface area (Å²) in [5.41, 5.74) is 5.12. The second-order valence-corrected chi connectivity index (χ2v) is 10.6. The van der Waals surface area contributed by atoms with E-state index < -0.39 is 0 Å². The van der Waals surface area contributed by atoms with Crippen molar-refractivity contribution >= 4 is 45.7 Å². The van der Waals surface area contributed by atoms with E-state index in [9.17, 15) is 14.7 Å². The van der Waals surface area contributed by atoms with Gasteiger partial charge in [-0.15, -0.1) is 0 Å². The minimum Gasteiger partial charge on any atom is -0.392 e. The molecule has 0 saturated carbocycles. The van der Waals surface area contributed by atoms with Gasteiger partial charge in [-0.2, -0.15) is 5.10 Å². The average molecular weight is 622 g/mol. The second kappa shape index (κ2) is 11.0. The van der Waals surface area contributed by atoms with E-state index >= 15 is 0 Å². The Labute approximate surface area is 233 Å². The van der Waals surface area contributed by atoms with E-state index in [2.05, 4.69) is 56.0 Å². The van der Waals surface area contributed by atoms with Gasteiger partial charge in [0.05, 0.1) is 24.5 Å². The summed E-state index contributed by atoms with van der Waals surface area (Å²) in [6.07, 6.45) is 5.14. The van der Waals surface area contributed by atoms with E-state index in [1.165, 1.54) is 16.6 Å². The highest BCUT2D eigenvalue weighted by Crippen LogP contribution is 2.37.